The third-order valence-corrected chi connectivity index (χ3v) is 4.38. The molecule has 0 saturated heterocycles. The van der Waals surface area contributed by atoms with Gasteiger partial charge in [0.15, 0.2) is 0 Å². The van der Waals surface area contributed by atoms with E-state index in [0.717, 1.165) is 19.3 Å². The molecular formula is C15H23NO3S. The van der Waals surface area contributed by atoms with E-state index in [1.807, 2.05) is 12.1 Å². The van der Waals surface area contributed by atoms with Crippen LogP contribution >= 0.6 is 0 Å². The molecule has 0 spiro atoms. The van der Waals surface area contributed by atoms with Crippen LogP contribution in [0.25, 0.3) is 0 Å². The van der Waals surface area contributed by atoms with E-state index in [0.29, 0.717) is 24.5 Å². The predicted octanol–water partition coefficient (Wildman–Crippen LogP) is 2.86. The molecule has 0 radical (unpaired) electrons. The van der Waals surface area contributed by atoms with Gasteiger partial charge in [0.2, 0.25) is 10.0 Å². The van der Waals surface area contributed by atoms with Gasteiger partial charge in [-0.1, -0.05) is 32.1 Å². The van der Waals surface area contributed by atoms with Gasteiger partial charge in [-0.05, 0) is 37.0 Å². The number of sulfonamides is 1. The van der Waals surface area contributed by atoms with E-state index in [4.69, 9.17) is 4.74 Å². The number of aryl methyl sites for hydroxylation is 1. The van der Waals surface area contributed by atoms with Crippen LogP contribution in [-0.2, 0) is 21.2 Å². The number of hydrogen-bond acceptors (Lipinski definition) is 3. The topological polar surface area (TPSA) is 55.4 Å². The Labute approximate surface area is 121 Å². The standard InChI is InChI=1S/C15H23NO3S/c1-3-5-7-14-8-10-15(11-9-14)20(17,18)16-12-6-13-19-4-2/h4,8-11,16H,2-3,5-7,12-13H2,1H3. The highest BCUT2D eigenvalue weighted by Crippen LogP contribution is 2.12. The van der Waals surface area contributed by atoms with Gasteiger partial charge in [-0.15, -0.1) is 0 Å². The Morgan fingerprint density at radius 1 is 1.25 bits per heavy atom. The van der Waals surface area contributed by atoms with Gasteiger partial charge < -0.3 is 4.74 Å². The lowest BCUT2D eigenvalue weighted by atomic mass is 10.1. The first-order valence-electron chi connectivity index (χ1n) is 6.91. The van der Waals surface area contributed by atoms with Crippen LogP contribution in [0.2, 0.25) is 0 Å². The largest absolute Gasteiger partial charge is 0.502 e. The maximum atomic E-state index is 12.0. The van der Waals surface area contributed by atoms with Gasteiger partial charge in [-0.3, -0.25) is 0 Å². The van der Waals surface area contributed by atoms with E-state index < -0.39 is 10.0 Å². The van der Waals surface area contributed by atoms with E-state index >= 15 is 0 Å². The third-order valence-electron chi connectivity index (χ3n) is 2.90. The molecule has 0 atom stereocenters. The van der Waals surface area contributed by atoms with Crippen molar-refractivity contribution in [1.29, 1.82) is 0 Å². The van der Waals surface area contributed by atoms with Gasteiger partial charge >= 0.3 is 0 Å². The zero-order valence-corrected chi connectivity index (χ0v) is 12.8. The van der Waals surface area contributed by atoms with Gasteiger partial charge in [0.1, 0.15) is 0 Å². The fraction of sp³-hybridized carbons (Fsp3) is 0.467. The summed E-state index contributed by atoms with van der Waals surface area (Å²) < 4.78 is 31.5. The highest BCUT2D eigenvalue weighted by molar-refractivity contribution is 7.89. The molecule has 0 aliphatic carbocycles. The Hall–Kier alpha value is -1.33. The number of unbranched alkanes of at least 4 members (excludes halogenated alkanes) is 1. The molecule has 0 aliphatic heterocycles. The normalized spacial score (nSPS) is 11.2. The van der Waals surface area contributed by atoms with Crippen LogP contribution in [0.1, 0.15) is 31.7 Å². The lowest BCUT2D eigenvalue weighted by Crippen LogP contribution is -2.25. The van der Waals surface area contributed by atoms with Gasteiger partial charge in [-0.2, -0.15) is 0 Å². The Morgan fingerprint density at radius 2 is 1.95 bits per heavy atom. The molecule has 1 N–H and O–H groups in total. The van der Waals surface area contributed by atoms with Crippen LogP contribution < -0.4 is 4.72 Å². The summed E-state index contributed by atoms with van der Waals surface area (Å²) in [4.78, 5) is 0.308. The molecule has 1 aromatic rings. The first-order valence-corrected chi connectivity index (χ1v) is 8.39. The van der Waals surface area contributed by atoms with Gasteiger partial charge in [0.25, 0.3) is 0 Å². The van der Waals surface area contributed by atoms with E-state index in [1.54, 1.807) is 12.1 Å². The summed E-state index contributed by atoms with van der Waals surface area (Å²) in [6.45, 7) is 6.38. The summed E-state index contributed by atoms with van der Waals surface area (Å²) in [6.07, 6.45) is 5.20. The van der Waals surface area contributed by atoms with Gasteiger partial charge in [0, 0.05) is 6.54 Å². The monoisotopic (exact) mass is 297 g/mol. The van der Waals surface area contributed by atoms with Crippen molar-refractivity contribution in [2.45, 2.75) is 37.5 Å². The van der Waals surface area contributed by atoms with Crippen LogP contribution in [-0.4, -0.2) is 21.6 Å². The quantitative estimate of drug-likeness (QED) is 0.533. The van der Waals surface area contributed by atoms with Crippen molar-refractivity contribution in [3.63, 3.8) is 0 Å². The lowest BCUT2D eigenvalue weighted by molar-refractivity contribution is 0.247. The summed E-state index contributed by atoms with van der Waals surface area (Å²) in [7, 11) is -3.42. The highest BCUT2D eigenvalue weighted by Gasteiger charge is 2.12. The summed E-state index contributed by atoms with van der Waals surface area (Å²) in [5.74, 6) is 0. The third kappa shape index (κ3) is 5.75. The van der Waals surface area contributed by atoms with Gasteiger partial charge in [0.05, 0.1) is 17.8 Å². The average Bonchev–Trinajstić information content (AvgIpc) is 2.45. The molecule has 0 aliphatic rings. The second-order valence-electron chi connectivity index (χ2n) is 4.54. The fourth-order valence-electron chi connectivity index (χ4n) is 1.74. The molecule has 20 heavy (non-hydrogen) atoms. The molecule has 112 valence electrons. The molecule has 0 bridgehead atoms. The molecule has 0 amide bonds. The van der Waals surface area contributed by atoms with E-state index in [9.17, 15) is 8.42 Å². The Balaban J connectivity index is 2.52. The molecule has 0 heterocycles. The second-order valence-corrected chi connectivity index (χ2v) is 6.30. The molecule has 0 saturated carbocycles. The minimum Gasteiger partial charge on any atom is -0.502 e. The van der Waals surface area contributed by atoms with Crippen molar-refractivity contribution < 1.29 is 13.2 Å². The van der Waals surface area contributed by atoms with Crippen molar-refractivity contribution in [3.8, 4) is 0 Å². The second kappa shape index (κ2) is 8.76. The fourth-order valence-corrected chi connectivity index (χ4v) is 2.82. The van der Waals surface area contributed by atoms with Crippen LogP contribution in [0.15, 0.2) is 42.0 Å². The summed E-state index contributed by atoms with van der Waals surface area (Å²) >= 11 is 0. The molecule has 4 nitrogen and oxygen atoms in total. The summed E-state index contributed by atoms with van der Waals surface area (Å²) in [5.41, 5.74) is 1.17. The molecule has 0 aromatic heterocycles. The van der Waals surface area contributed by atoms with Crippen molar-refractivity contribution in [2.24, 2.45) is 0 Å². The molecule has 0 unspecified atom stereocenters. The minimum absolute atomic E-state index is 0.308. The predicted molar refractivity (Wildman–Crippen MR) is 81.0 cm³/mol. The van der Waals surface area contributed by atoms with Crippen molar-refractivity contribution >= 4 is 10.0 Å². The summed E-state index contributed by atoms with van der Waals surface area (Å²) in [6, 6.07) is 7.08. The molecular weight excluding hydrogens is 274 g/mol. The van der Waals surface area contributed by atoms with Crippen LogP contribution in [0.4, 0.5) is 0 Å². The maximum Gasteiger partial charge on any atom is 0.240 e. The first-order chi connectivity index (χ1) is 9.60. The van der Waals surface area contributed by atoms with Gasteiger partial charge in [-0.25, -0.2) is 13.1 Å². The molecule has 0 fully saturated rings. The average molecular weight is 297 g/mol. The minimum atomic E-state index is -3.42. The van der Waals surface area contributed by atoms with E-state index in [-0.39, 0.29) is 0 Å². The van der Waals surface area contributed by atoms with E-state index in [1.165, 1.54) is 11.8 Å². The smallest absolute Gasteiger partial charge is 0.240 e. The summed E-state index contributed by atoms with van der Waals surface area (Å²) in [5, 5.41) is 0. The number of hydrogen-bond donors (Lipinski definition) is 1. The van der Waals surface area contributed by atoms with Crippen molar-refractivity contribution in [2.75, 3.05) is 13.2 Å². The lowest BCUT2D eigenvalue weighted by Gasteiger charge is -2.07. The molecule has 1 aromatic carbocycles. The van der Waals surface area contributed by atoms with Crippen LogP contribution in [0, 0.1) is 0 Å². The zero-order chi connectivity index (χ0) is 14.8. The first kappa shape index (κ1) is 16.7. The van der Waals surface area contributed by atoms with Crippen molar-refractivity contribution in [1.82, 2.24) is 4.72 Å². The number of ether oxygens (including phenoxy) is 1. The highest BCUT2D eigenvalue weighted by atomic mass is 32.2. The van der Waals surface area contributed by atoms with Crippen LogP contribution in [0.5, 0.6) is 0 Å². The number of nitrogens with one attached hydrogen (secondary N) is 1. The molecule has 5 heteroatoms. The Bertz CT molecular complexity index is 494. The molecule has 1 rings (SSSR count). The van der Waals surface area contributed by atoms with Crippen molar-refractivity contribution in [3.05, 3.63) is 42.7 Å². The Morgan fingerprint density at radius 3 is 2.55 bits per heavy atom. The van der Waals surface area contributed by atoms with Crippen LogP contribution in [0.3, 0.4) is 0 Å². The zero-order valence-electron chi connectivity index (χ0n) is 12.0. The number of rotatable bonds is 10. The van der Waals surface area contributed by atoms with E-state index in [2.05, 4.69) is 18.2 Å². The Kier molecular flexibility index (Phi) is 7.33. The number of benzene rings is 1. The maximum absolute atomic E-state index is 12.0. The SMILES string of the molecule is C=COCCCNS(=O)(=O)c1ccc(CCCC)cc1.